The molecule has 0 aliphatic carbocycles. The van der Waals surface area contributed by atoms with E-state index in [9.17, 15) is 0 Å². The van der Waals surface area contributed by atoms with E-state index in [4.69, 9.17) is 11.6 Å². The van der Waals surface area contributed by atoms with Crippen LogP contribution in [0, 0.1) is 0 Å². The first kappa shape index (κ1) is 15.3. The summed E-state index contributed by atoms with van der Waals surface area (Å²) < 4.78 is 2.68. The summed E-state index contributed by atoms with van der Waals surface area (Å²) in [6, 6.07) is 28.1. The Hall–Kier alpha value is -2.81. The van der Waals surface area contributed by atoms with Gasteiger partial charge in [-0.2, -0.15) is 0 Å². The van der Waals surface area contributed by atoms with Gasteiger partial charge in [-0.05, 0) is 53.6 Å². The highest BCUT2D eigenvalue weighted by Crippen LogP contribution is 2.37. The average molecular weight is 384 g/mol. The molecule has 0 fully saturated rings. The summed E-state index contributed by atoms with van der Waals surface area (Å²) in [5.41, 5.74) is 4.69. The van der Waals surface area contributed by atoms with Crippen LogP contribution in [0.2, 0.25) is 5.02 Å². The van der Waals surface area contributed by atoms with Crippen LogP contribution in [0.1, 0.15) is 0 Å². The van der Waals surface area contributed by atoms with Crippen molar-refractivity contribution in [1.29, 1.82) is 0 Å². The number of benzene rings is 4. The van der Waals surface area contributed by atoms with Crippen molar-refractivity contribution in [3.63, 3.8) is 0 Å². The highest BCUT2D eigenvalue weighted by molar-refractivity contribution is 7.25. The van der Waals surface area contributed by atoms with E-state index in [0.29, 0.717) is 0 Å². The number of halogens is 1. The largest absolute Gasteiger partial charge is 0.354 e. The molecule has 1 N–H and O–H groups in total. The third-order valence-electron chi connectivity index (χ3n) is 5.27. The number of thiophene rings is 1. The summed E-state index contributed by atoms with van der Waals surface area (Å²) >= 11 is 8.00. The van der Waals surface area contributed by atoms with E-state index in [-0.39, 0.29) is 0 Å². The molecule has 3 heteroatoms. The van der Waals surface area contributed by atoms with Crippen LogP contribution in [-0.2, 0) is 0 Å². The molecular formula is C24H14ClNS. The highest BCUT2D eigenvalue weighted by atomic mass is 35.5. The molecule has 0 bridgehead atoms. The Morgan fingerprint density at radius 1 is 0.593 bits per heavy atom. The summed E-state index contributed by atoms with van der Waals surface area (Å²) in [5.74, 6) is 0. The van der Waals surface area contributed by atoms with E-state index < -0.39 is 0 Å². The number of hydrogen-bond acceptors (Lipinski definition) is 1. The molecule has 0 amide bonds. The molecule has 0 atom stereocenters. The Bertz CT molecular complexity index is 1490. The Kier molecular flexibility index (Phi) is 3.16. The minimum Gasteiger partial charge on any atom is -0.354 e. The molecule has 1 nitrogen and oxygen atoms in total. The third-order valence-corrected chi connectivity index (χ3v) is 6.66. The van der Waals surface area contributed by atoms with Gasteiger partial charge in [0, 0.05) is 47.0 Å². The number of aromatic amines is 1. The van der Waals surface area contributed by atoms with Gasteiger partial charge in [0.15, 0.2) is 0 Å². The lowest BCUT2D eigenvalue weighted by molar-refractivity contribution is 1.54. The Labute approximate surface area is 164 Å². The molecule has 0 saturated carbocycles. The average Bonchev–Trinajstić information content (AvgIpc) is 3.24. The predicted molar refractivity (Wildman–Crippen MR) is 119 cm³/mol. The Balaban J connectivity index is 1.60. The zero-order valence-corrected chi connectivity index (χ0v) is 15.9. The molecule has 0 unspecified atom stereocenters. The van der Waals surface area contributed by atoms with Gasteiger partial charge < -0.3 is 4.98 Å². The SMILES string of the molecule is Clc1ccc2c(c1)[nH]c1ccc(-c3ccc4sc5ccccc5c4c3)cc12. The molecule has 6 rings (SSSR count). The maximum Gasteiger partial charge on any atom is 0.0479 e. The van der Waals surface area contributed by atoms with Gasteiger partial charge in [0.1, 0.15) is 0 Å². The molecule has 4 aromatic carbocycles. The molecule has 0 saturated heterocycles. The Morgan fingerprint density at radius 3 is 2.30 bits per heavy atom. The Morgan fingerprint density at radius 2 is 1.37 bits per heavy atom. The second-order valence-corrected chi connectivity index (χ2v) is 8.40. The van der Waals surface area contributed by atoms with Gasteiger partial charge in [-0.25, -0.2) is 0 Å². The molecule has 0 spiro atoms. The van der Waals surface area contributed by atoms with Crippen LogP contribution in [0.3, 0.4) is 0 Å². The highest BCUT2D eigenvalue weighted by Gasteiger charge is 2.09. The van der Waals surface area contributed by atoms with Crippen LogP contribution in [0.25, 0.3) is 53.1 Å². The molecule has 27 heavy (non-hydrogen) atoms. The summed E-state index contributed by atoms with van der Waals surface area (Å²) in [4.78, 5) is 3.46. The summed E-state index contributed by atoms with van der Waals surface area (Å²) in [6.45, 7) is 0. The van der Waals surface area contributed by atoms with E-state index in [1.807, 2.05) is 23.5 Å². The van der Waals surface area contributed by atoms with E-state index in [1.54, 1.807) is 0 Å². The summed E-state index contributed by atoms with van der Waals surface area (Å²) in [5, 5.41) is 5.86. The normalized spacial score (nSPS) is 11.9. The van der Waals surface area contributed by atoms with Crippen LogP contribution in [0.15, 0.2) is 78.9 Å². The third kappa shape index (κ3) is 2.31. The van der Waals surface area contributed by atoms with Gasteiger partial charge >= 0.3 is 0 Å². The quantitative estimate of drug-likeness (QED) is 0.296. The van der Waals surface area contributed by atoms with E-state index in [1.165, 1.54) is 42.1 Å². The lowest BCUT2D eigenvalue weighted by Gasteiger charge is -2.03. The van der Waals surface area contributed by atoms with Gasteiger partial charge in [-0.1, -0.05) is 48.0 Å². The lowest BCUT2D eigenvalue weighted by atomic mass is 10.0. The standard InChI is InChI=1S/C24H14ClNS/c25-16-7-8-17-19-11-14(5-9-21(19)26-22(17)13-16)15-6-10-24-20(12-15)18-3-1-2-4-23(18)27-24/h1-13,26H. The number of aromatic nitrogens is 1. The summed E-state index contributed by atoms with van der Waals surface area (Å²) in [7, 11) is 0. The molecule has 0 radical (unpaired) electrons. The van der Waals surface area contributed by atoms with Crippen molar-refractivity contribution in [1.82, 2.24) is 4.98 Å². The van der Waals surface area contributed by atoms with Crippen molar-refractivity contribution < 1.29 is 0 Å². The first-order valence-electron chi connectivity index (χ1n) is 8.89. The number of nitrogens with one attached hydrogen (secondary N) is 1. The van der Waals surface area contributed by atoms with Crippen LogP contribution in [-0.4, -0.2) is 4.98 Å². The summed E-state index contributed by atoms with van der Waals surface area (Å²) in [6.07, 6.45) is 0. The number of H-pyrrole nitrogens is 1. The van der Waals surface area contributed by atoms with Crippen LogP contribution < -0.4 is 0 Å². The lowest BCUT2D eigenvalue weighted by Crippen LogP contribution is -1.78. The van der Waals surface area contributed by atoms with Crippen LogP contribution in [0.4, 0.5) is 0 Å². The van der Waals surface area contributed by atoms with Crippen molar-refractivity contribution in [2.45, 2.75) is 0 Å². The minimum atomic E-state index is 0.754. The molecule has 6 aromatic rings. The van der Waals surface area contributed by atoms with Crippen LogP contribution >= 0.6 is 22.9 Å². The van der Waals surface area contributed by atoms with Gasteiger partial charge in [0.2, 0.25) is 0 Å². The molecule has 2 aromatic heterocycles. The molecule has 0 aliphatic heterocycles. The minimum absolute atomic E-state index is 0.754. The van der Waals surface area contributed by atoms with Gasteiger partial charge in [0.25, 0.3) is 0 Å². The maximum atomic E-state index is 6.15. The molecular weight excluding hydrogens is 370 g/mol. The maximum absolute atomic E-state index is 6.15. The fourth-order valence-electron chi connectivity index (χ4n) is 3.96. The smallest absolute Gasteiger partial charge is 0.0479 e. The zero-order valence-electron chi connectivity index (χ0n) is 14.3. The van der Waals surface area contributed by atoms with E-state index in [2.05, 4.69) is 71.7 Å². The molecule has 128 valence electrons. The van der Waals surface area contributed by atoms with Gasteiger partial charge in [0.05, 0.1) is 0 Å². The first-order chi connectivity index (χ1) is 13.3. The van der Waals surface area contributed by atoms with Crippen molar-refractivity contribution in [2.24, 2.45) is 0 Å². The van der Waals surface area contributed by atoms with Crippen LogP contribution in [0.5, 0.6) is 0 Å². The fourth-order valence-corrected chi connectivity index (χ4v) is 5.22. The molecule has 2 heterocycles. The van der Waals surface area contributed by atoms with Gasteiger partial charge in [-0.15, -0.1) is 11.3 Å². The number of rotatable bonds is 1. The van der Waals surface area contributed by atoms with Crippen molar-refractivity contribution in [3.05, 3.63) is 83.9 Å². The van der Waals surface area contributed by atoms with Gasteiger partial charge in [-0.3, -0.25) is 0 Å². The predicted octanol–water partition coefficient (Wildman–Crippen LogP) is 8.01. The number of fused-ring (bicyclic) bond motifs is 6. The van der Waals surface area contributed by atoms with Crippen molar-refractivity contribution in [3.8, 4) is 11.1 Å². The first-order valence-corrected chi connectivity index (χ1v) is 10.1. The second-order valence-electron chi connectivity index (χ2n) is 6.88. The monoisotopic (exact) mass is 383 g/mol. The number of hydrogen-bond donors (Lipinski definition) is 1. The van der Waals surface area contributed by atoms with Crippen molar-refractivity contribution >= 4 is 64.9 Å². The second kappa shape index (κ2) is 5.59. The topological polar surface area (TPSA) is 15.8 Å². The van der Waals surface area contributed by atoms with E-state index in [0.717, 1.165) is 16.1 Å². The van der Waals surface area contributed by atoms with Crippen molar-refractivity contribution in [2.75, 3.05) is 0 Å². The van der Waals surface area contributed by atoms with E-state index >= 15 is 0 Å². The zero-order chi connectivity index (χ0) is 18.0. The molecule has 0 aliphatic rings. The fraction of sp³-hybridized carbons (Fsp3) is 0.